The normalized spacial score (nSPS) is 12.0. The zero-order chi connectivity index (χ0) is 18.1. The molecule has 0 aromatic heterocycles. The number of Topliss-reactive ketones (excluding diaryl/α,β-unsaturated/α-hetero) is 1. The fraction of sp³-hybridized carbons (Fsp3) is 0.500. The van der Waals surface area contributed by atoms with Crippen LogP contribution in [0.1, 0.15) is 32.3 Å². The van der Waals surface area contributed by atoms with Gasteiger partial charge in [-0.05, 0) is 36.3 Å². The molecule has 0 aliphatic rings. The Kier molecular flexibility index (Phi) is 8.54. The third kappa shape index (κ3) is 7.64. The molecule has 1 atom stereocenters. The lowest BCUT2D eigenvalue weighted by molar-refractivity contribution is -0.138. The van der Waals surface area contributed by atoms with Crippen molar-refractivity contribution in [1.82, 2.24) is 5.32 Å². The van der Waals surface area contributed by atoms with Gasteiger partial charge in [-0.15, -0.1) is 11.8 Å². The lowest BCUT2D eigenvalue weighted by Gasteiger charge is -2.17. The van der Waals surface area contributed by atoms with Crippen molar-refractivity contribution in [3.05, 3.63) is 29.8 Å². The molecule has 1 aromatic rings. The van der Waals surface area contributed by atoms with E-state index in [2.05, 4.69) is 5.32 Å². The Morgan fingerprint density at radius 2 is 1.79 bits per heavy atom. The molecule has 0 radical (unpaired) electrons. The Morgan fingerprint density at radius 3 is 2.29 bits per heavy atom. The topological polar surface area (TPSA) is 83.5 Å². The third-order valence-corrected chi connectivity index (χ3v) is 4.32. The van der Waals surface area contributed by atoms with Crippen molar-refractivity contribution in [2.75, 3.05) is 12.8 Å². The van der Waals surface area contributed by atoms with Crippen molar-refractivity contribution in [2.24, 2.45) is 11.8 Å². The molecule has 6 heteroatoms. The van der Waals surface area contributed by atoms with E-state index in [-0.39, 0.29) is 30.4 Å². The summed E-state index contributed by atoms with van der Waals surface area (Å²) < 4.78 is 0. The van der Waals surface area contributed by atoms with E-state index >= 15 is 0 Å². The van der Waals surface area contributed by atoms with E-state index in [4.69, 9.17) is 5.11 Å². The highest BCUT2D eigenvalue weighted by atomic mass is 32.2. The molecular weight excluding hydrogens is 326 g/mol. The number of amides is 1. The number of ketones is 1. The number of carboxylic acid groups (broad SMARTS) is 1. The minimum absolute atomic E-state index is 0.0111. The molecule has 5 nitrogen and oxygen atoms in total. The number of carbonyl (C=O) groups is 3. The first-order valence-corrected chi connectivity index (χ1v) is 9.18. The zero-order valence-electron chi connectivity index (χ0n) is 14.4. The highest BCUT2D eigenvalue weighted by Crippen LogP contribution is 2.19. The fourth-order valence-corrected chi connectivity index (χ4v) is 2.89. The van der Waals surface area contributed by atoms with Crippen LogP contribution in [0.15, 0.2) is 29.2 Å². The Bertz CT molecular complexity index is 569. The molecule has 132 valence electrons. The van der Waals surface area contributed by atoms with E-state index in [1.165, 1.54) is 0 Å². The standard InChI is InChI=1S/C18H25NO4S/c1-12(2)8-14(18(23)19-11-17(21)22)10-15(20)9-13-4-6-16(24-3)7-5-13/h4-7,12,14H,8-11H2,1-3H3,(H,19,23)(H,21,22)/t14-/m1/s1. The van der Waals surface area contributed by atoms with Crippen LogP contribution in [0.3, 0.4) is 0 Å². The molecule has 1 rings (SSSR count). The maximum atomic E-state index is 12.3. The number of carboxylic acids is 1. The minimum Gasteiger partial charge on any atom is -0.480 e. The summed E-state index contributed by atoms with van der Waals surface area (Å²) in [7, 11) is 0. The number of hydrogen-bond donors (Lipinski definition) is 2. The first kappa shape index (κ1) is 20.2. The van der Waals surface area contributed by atoms with Crippen LogP contribution in [-0.2, 0) is 20.8 Å². The fourth-order valence-electron chi connectivity index (χ4n) is 2.48. The Morgan fingerprint density at radius 1 is 1.17 bits per heavy atom. The summed E-state index contributed by atoms with van der Waals surface area (Å²) in [6, 6.07) is 7.79. The van der Waals surface area contributed by atoms with Crippen LogP contribution < -0.4 is 5.32 Å². The maximum Gasteiger partial charge on any atom is 0.322 e. The van der Waals surface area contributed by atoms with Crippen molar-refractivity contribution in [3.8, 4) is 0 Å². The predicted molar refractivity (Wildman–Crippen MR) is 95.1 cm³/mol. The number of aliphatic carboxylic acids is 1. The van der Waals surface area contributed by atoms with Gasteiger partial charge in [0.1, 0.15) is 12.3 Å². The number of hydrogen-bond acceptors (Lipinski definition) is 4. The van der Waals surface area contributed by atoms with Gasteiger partial charge in [0.2, 0.25) is 5.91 Å². The molecule has 0 fully saturated rings. The Hall–Kier alpha value is -1.82. The average molecular weight is 351 g/mol. The number of thioether (sulfide) groups is 1. The van der Waals surface area contributed by atoms with Crippen LogP contribution >= 0.6 is 11.8 Å². The van der Waals surface area contributed by atoms with Crippen LogP contribution in [0.4, 0.5) is 0 Å². The van der Waals surface area contributed by atoms with Gasteiger partial charge in [0.25, 0.3) is 0 Å². The van der Waals surface area contributed by atoms with Gasteiger partial charge in [-0.1, -0.05) is 26.0 Å². The Balaban J connectivity index is 2.64. The molecule has 1 aromatic carbocycles. The highest BCUT2D eigenvalue weighted by molar-refractivity contribution is 7.98. The van der Waals surface area contributed by atoms with Gasteiger partial charge in [-0.25, -0.2) is 0 Å². The first-order chi connectivity index (χ1) is 11.3. The summed E-state index contributed by atoms with van der Waals surface area (Å²) in [5.41, 5.74) is 0.923. The first-order valence-electron chi connectivity index (χ1n) is 7.96. The largest absolute Gasteiger partial charge is 0.480 e. The van der Waals surface area contributed by atoms with Crippen molar-refractivity contribution >= 4 is 29.4 Å². The van der Waals surface area contributed by atoms with Gasteiger partial charge in [-0.3, -0.25) is 14.4 Å². The molecule has 0 saturated heterocycles. The zero-order valence-corrected chi connectivity index (χ0v) is 15.2. The molecule has 0 aliphatic carbocycles. The van der Waals surface area contributed by atoms with Gasteiger partial charge in [0.15, 0.2) is 0 Å². The van der Waals surface area contributed by atoms with Crippen molar-refractivity contribution in [3.63, 3.8) is 0 Å². The monoisotopic (exact) mass is 351 g/mol. The number of carbonyl (C=O) groups excluding carboxylic acids is 2. The van der Waals surface area contributed by atoms with Crippen LogP contribution in [0.5, 0.6) is 0 Å². The van der Waals surface area contributed by atoms with E-state index in [0.29, 0.717) is 6.42 Å². The molecule has 1 amide bonds. The second kappa shape index (κ2) is 10.1. The summed E-state index contributed by atoms with van der Waals surface area (Å²) in [4.78, 5) is 36.1. The van der Waals surface area contributed by atoms with E-state index in [1.807, 2.05) is 44.4 Å². The molecule has 24 heavy (non-hydrogen) atoms. The van der Waals surface area contributed by atoms with Crippen molar-refractivity contribution < 1.29 is 19.5 Å². The van der Waals surface area contributed by atoms with Crippen LogP contribution in [0.2, 0.25) is 0 Å². The SMILES string of the molecule is CSc1ccc(CC(=O)C[C@@H](CC(C)C)C(=O)NCC(=O)O)cc1. The quantitative estimate of drug-likeness (QED) is 0.633. The molecule has 0 spiro atoms. The Labute approximate surface area is 147 Å². The third-order valence-electron chi connectivity index (χ3n) is 3.57. The van der Waals surface area contributed by atoms with Crippen LogP contribution in [0.25, 0.3) is 0 Å². The predicted octanol–water partition coefficient (Wildman–Crippen LogP) is 2.77. The van der Waals surface area contributed by atoms with Crippen molar-refractivity contribution in [1.29, 1.82) is 0 Å². The minimum atomic E-state index is -1.09. The van der Waals surface area contributed by atoms with Gasteiger partial charge >= 0.3 is 5.97 Å². The van der Waals surface area contributed by atoms with Gasteiger partial charge in [0.05, 0.1) is 0 Å². The van der Waals surface area contributed by atoms with Crippen molar-refractivity contribution in [2.45, 2.75) is 38.0 Å². The molecule has 0 unspecified atom stereocenters. The molecule has 0 bridgehead atoms. The summed E-state index contributed by atoms with van der Waals surface area (Å²) in [5, 5.41) is 11.0. The highest BCUT2D eigenvalue weighted by Gasteiger charge is 2.23. The molecule has 0 saturated carbocycles. The maximum absolute atomic E-state index is 12.3. The van der Waals surface area contributed by atoms with Gasteiger partial charge in [-0.2, -0.15) is 0 Å². The molecule has 0 heterocycles. The van der Waals surface area contributed by atoms with Gasteiger partial charge in [0, 0.05) is 23.7 Å². The number of benzene rings is 1. The molecule has 0 aliphatic heterocycles. The summed E-state index contributed by atoms with van der Waals surface area (Å²) >= 11 is 1.64. The van der Waals surface area contributed by atoms with E-state index in [1.54, 1.807) is 11.8 Å². The smallest absolute Gasteiger partial charge is 0.322 e. The average Bonchev–Trinajstić information content (AvgIpc) is 2.52. The molecule has 2 N–H and O–H groups in total. The number of rotatable bonds is 10. The summed E-state index contributed by atoms with van der Waals surface area (Å²) in [6.45, 7) is 3.53. The lowest BCUT2D eigenvalue weighted by Crippen LogP contribution is -2.36. The number of nitrogens with one attached hydrogen (secondary N) is 1. The van der Waals surface area contributed by atoms with Crippen LogP contribution in [0, 0.1) is 11.8 Å². The molecular formula is C18H25NO4S. The summed E-state index contributed by atoms with van der Waals surface area (Å²) in [6.07, 6.45) is 2.97. The van der Waals surface area contributed by atoms with Gasteiger partial charge < -0.3 is 10.4 Å². The van der Waals surface area contributed by atoms with E-state index < -0.39 is 18.4 Å². The summed E-state index contributed by atoms with van der Waals surface area (Å²) in [5.74, 6) is -1.70. The second-order valence-corrected chi connectivity index (χ2v) is 7.09. The van der Waals surface area contributed by atoms with Crippen LogP contribution in [-0.4, -0.2) is 35.6 Å². The van der Waals surface area contributed by atoms with E-state index in [0.717, 1.165) is 10.5 Å². The second-order valence-electron chi connectivity index (χ2n) is 6.21. The van der Waals surface area contributed by atoms with E-state index in [9.17, 15) is 14.4 Å². The lowest BCUT2D eigenvalue weighted by atomic mass is 9.90.